The lowest BCUT2D eigenvalue weighted by Gasteiger charge is -2.25. The van der Waals surface area contributed by atoms with Crippen molar-refractivity contribution in [1.82, 2.24) is 0 Å². The number of ketones is 1. The summed E-state index contributed by atoms with van der Waals surface area (Å²) in [7, 11) is 0. The topological polar surface area (TPSA) is 26.3 Å². The molecule has 1 aromatic rings. The number of carbonyl (C=O) groups is 1. The number of hydrogen-bond donors (Lipinski definition) is 0. The molecule has 1 atom stereocenters. The summed E-state index contributed by atoms with van der Waals surface area (Å²) in [5.41, 5.74) is -0.102. The van der Waals surface area contributed by atoms with Crippen molar-refractivity contribution in [3.63, 3.8) is 0 Å². The Balaban J connectivity index is 2.90. The van der Waals surface area contributed by atoms with E-state index in [1.54, 1.807) is 0 Å². The molecule has 0 N–H and O–H groups in total. The van der Waals surface area contributed by atoms with Crippen LogP contribution in [0.4, 0.5) is 26.3 Å². The number of carbonyl (C=O) groups excluding carboxylic acids is 1. The van der Waals surface area contributed by atoms with Crippen LogP contribution in [0.3, 0.4) is 0 Å². The molecular weight excluding hydrogens is 326 g/mol. The predicted octanol–water partition coefficient (Wildman–Crippen LogP) is 4.42. The van der Waals surface area contributed by atoms with Crippen molar-refractivity contribution >= 4 is 17.4 Å². The minimum Gasteiger partial charge on any atom is -0.350 e. The average Bonchev–Trinajstić information content (AvgIpc) is 2.33. The second-order valence-electron chi connectivity index (χ2n) is 4.11. The third-order valence-corrected chi connectivity index (χ3v) is 2.68. The van der Waals surface area contributed by atoms with Gasteiger partial charge in [0.25, 0.3) is 0 Å². The van der Waals surface area contributed by atoms with Crippen LogP contribution in [-0.4, -0.2) is 30.3 Å². The van der Waals surface area contributed by atoms with Gasteiger partial charge in [0.05, 0.1) is 0 Å². The Kier molecular flexibility index (Phi) is 5.27. The molecule has 9 heteroatoms. The molecule has 118 valence electrons. The average molecular weight is 335 g/mol. The first-order valence-electron chi connectivity index (χ1n) is 5.51. The van der Waals surface area contributed by atoms with Crippen molar-refractivity contribution in [1.29, 1.82) is 0 Å². The second kappa shape index (κ2) is 6.23. The molecule has 0 saturated heterocycles. The summed E-state index contributed by atoms with van der Waals surface area (Å²) in [6, 6.07) is 4.93. The molecule has 0 heterocycles. The van der Waals surface area contributed by atoms with Gasteiger partial charge < -0.3 is 4.74 Å². The van der Waals surface area contributed by atoms with Gasteiger partial charge in [-0.1, -0.05) is 11.6 Å². The molecule has 0 aliphatic heterocycles. The fourth-order valence-electron chi connectivity index (χ4n) is 1.45. The number of ether oxygens (including phenoxy) is 1. The maximum Gasteiger partial charge on any atom is 0.423 e. The molecule has 0 aliphatic rings. The zero-order valence-corrected chi connectivity index (χ0v) is 11.2. The highest BCUT2D eigenvalue weighted by Crippen LogP contribution is 2.36. The maximum absolute atomic E-state index is 12.3. The molecule has 0 spiro atoms. The zero-order valence-electron chi connectivity index (χ0n) is 10.4. The number of rotatable bonds is 4. The molecule has 1 unspecified atom stereocenters. The fourth-order valence-corrected chi connectivity index (χ4v) is 1.58. The Morgan fingerprint density at radius 1 is 1.05 bits per heavy atom. The number of Topliss-reactive ketones (excluding diaryl/α,β-unsaturated/α-hetero) is 1. The molecule has 2 nitrogen and oxygen atoms in total. The van der Waals surface area contributed by atoms with Crippen LogP contribution >= 0.6 is 11.6 Å². The SMILES string of the molecule is CC(OC(C(F)(F)F)C(F)(F)F)C(=O)c1ccc(Cl)cc1. The van der Waals surface area contributed by atoms with Crippen LogP contribution in [0, 0.1) is 0 Å². The minimum atomic E-state index is -5.66. The molecule has 1 aromatic carbocycles. The number of benzene rings is 1. The molecular formula is C12H9ClF6O2. The van der Waals surface area contributed by atoms with E-state index in [0.29, 0.717) is 0 Å². The quantitative estimate of drug-likeness (QED) is 0.602. The van der Waals surface area contributed by atoms with E-state index in [1.807, 2.05) is 0 Å². The van der Waals surface area contributed by atoms with E-state index in [0.717, 1.165) is 6.92 Å². The summed E-state index contributed by atoms with van der Waals surface area (Å²) < 4.78 is 77.8. The smallest absolute Gasteiger partial charge is 0.350 e. The largest absolute Gasteiger partial charge is 0.423 e. The Hall–Kier alpha value is -1.28. The predicted molar refractivity (Wildman–Crippen MR) is 62.2 cm³/mol. The van der Waals surface area contributed by atoms with E-state index in [4.69, 9.17) is 11.6 Å². The van der Waals surface area contributed by atoms with Gasteiger partial charge in [-0.25, -0.2) is 0 Å². The first-order chi connectivity index (χ1) is 9.43. The first-order valence-corrected chi connectivity index (χ1v) is 5.89. The van der Waals surface area contributed by atoms with Crippen LogP contribution in [0.5, 0.6) is 0 Å². The van der Waals surface area contributed by atoms with Crippen molar-refractivity contribution in [2.24, 2.45) is 0 Å². The van der Waals surface area contributed by atoms with E-state index in [1.165, 1.54) is 24.3 Å². The van der Waals surface area contributed by atoms with Gasteiger partial charge in [0.1, 0.15) is 6.10 Å². The monoisotopic (exact) mass is 334 g/mol. The third-order valence-electron chi connectivity index (χ3n) is 2.43. The standard InChI is InChI=1S/C12H9ClF6O2/c1-6(9(20)7-2-4-8(13)5-3-7)21-10(11(14,15)16)12(17,18)19/h2-6,10H,1H3. The highest BCUT2D eigenvalue weighted by Gasteiger charge is 2.58. The molecule has 0 amide bonds. The van der Waals surface area contributed by atoms with Crippen LogP contribution in [0.25, 0.3) is 0 Å². The Morgan fingerprint density at radius 3 is 1.86 bits per heavy atom. The fraction of sp³-hybridized carbons (Fsp3) is 0.417. The summed E-state index contributed by atoms with van der Waals surface area (Å²) >= 11 is 5.56. The van der Waals surface area contributed by atoms with Crippen molar-refractivity contribution in [2.75, 3.05) is 0 Å². The van der Waals surface area contributed by atoms with Crippen LogP contribution in [-0.2, 0) is 4.74 Å². The summed E-state index contributed by atoms with van der Waals surface area (Å²) in [4.78, 5) is 11.7. The van der Waals surface area contributed by atoms with Gasteiger partial charge in [0, 0.05) is 10.6 Å². The molecule has 0 fully saturated rings. The van der Waals surface area contributed by atoms with Crippen molar-refractivity contribution in [3.8, 4) is 0 Å². The van der Waals surface area contributed by atoms with Gasteiger partial charge in [-0.15, -0.1) is 0 Å². The van der Waals surface area contributed by atoms with E-state index in [2.05, 4.69) is 4.74 Å². The molecule has 0 saturated carbocycles. The summed E-state index contributed by atoms with van der Waals surface area (Å²) in [5.74, 6) is -1.01. The first kappa shape index (κ1) is 17.8. The van der Waals surface area contributed by atoms with E-state index >= 15 is 0 Å². The lowest BCUT2D eigenvalue weighted by molar-refractivity contribution is -0.325. The normalized spacial score (nSPS) is 14.3. The van der Waals surface area contributed by atoms with Gasteiger partial charge >= 0.3 is 12.4 Å². The zero-order chi connectivity index (χ0) is 16.4. The van der Waals surface area contributed by atoms with E-state index < -0.39 is 30.3 Å². The van der Waals surface area contributed by atoms with Gasteiger partial charge in [-0.2, -0.15) is 26.3 Å². The molecule has 21 heavy (non-hydrogen) atoms. The lowest BCUT2D eigenvalue weighted by atomic mass is 10.1. The van der Waals surface area contributed by atoms with Crippen molar-refractivity contribution in [2.45, 2.75) is 31.5 Å². The van der Waals surface area contributed by atoms with Crippen LogP contribution in [0.2, 0.25) is 5.02 Å². The number of alkyl halides is 6. The molecule has 1 rings (SSSR count). The number of hydrogen-bond acceptors (Lipinski definition) is 2. The Bertz CT molecular complexity index is 480. The summed E-state index contributed by atoms with van der Waals surface area (Å²) in [5, 5.41) is 0.267. The maximum atomic E-state index is 12.3. The highest BCUT2D eigenvalue weighted by atomic mass is 35.5. The highest BCUT2D eigenvalue weighted by molar-refractivity contribution is 6.30. The minimum absolute atomic E-state index is 0.102. The molecule has 0 bridgehead atoms. The summed E-state index contributed by atoms with van der Waals surface area (Å²) in [6.45, 7) is 0.821. The molecule has 0 radical (unpaired) electrons. The van der Waals surface area contributed by atoms with Gasteiger partial charge in [0.15, 0.2) is 5.78 Å². The van der Waals surface area contributed by atoms with Gasteiger partial charge in [-0.05, 0) is 31.2 Å². The van der Waals surface area contributed by atoms with E-state index in [9.17, 15) is 31.1 Å². The Morgan fingerprint density at radius 2 is 1.48 bits per heavy atom. The van der Waals surface area contributed by atoms with Crippen LogP contribution < -0.4 is 0 Å². The van der Waals surface area contributed by atoms with Gasteiger partial charge in [-0.3, -0.25) is 4.79 Å². The molecule has 0 aromatic heterocycles. The second-order valence-corrected chi connectivity index (χ2v) is 4.55. The van der Waals surface area contributed by atoms with Crippen molar-refractivity contribution in [3.05, 3.63) is 34.9 Å². The van der Waals surface area contributed by atoms with E-state index in [-0.39, 0.29) is 10.6 Å². The lowest BCUT2D eigenvalue weighted by Crippen LogP contribution is -2.47. The third kappa shape index (κ3) is 4.89. The van der Waals surface area contributed by atoms with Crippen molar-refractivity contribution < 1.29 is 35.9 Å². The van der Waals surface area contributed by atoms with Gasteiger partial charge in [0.2, 0.25) is 6.10 Å². The van der Waals surface area contributed by atoms with Crippen LogP contribution in [0.1, 0.15) is 17.3 Å². The Labute approximate surface area is 120 Å². The number of halogens is 7. The summed E-state index contributed by atoms with van der Waals surface area (Å²) in [6.07, 6.45) is -17.3. The molecule has 0 aliphatic carbocycles. The van der Waals surface area contributed by atoms with Crippen LogP contribution in [0.15, 0.2) is 24.3 Å².